The highest BCUT2D eigenvalue weighted by Crippen LogP contribution is 2.45. The molecule has 4 rings (SSSR count). The second-order valence-corrected chi connectivity index (χ2v) is 9.70. The molecule has 186 valence electrons. The lowest BCUT2D eigenvalue weighted by Gasteiger charge is -2.28. The highest BCUT2D eigenvalue weighted by Gasteiger charge is 2.29. The summed E-state index contributed by atoms with van der Waals surface area (Å²) in [5.41, 5.74) is 4.77. The number of fused-ring (bicyclic) bond motifs is 1. The molecule has 4 aromatic rings. The third-order valence-corrected chi connectivity index (χ3v) is 7.02. The Balaban J connectivity index is 1.74. The van der Waals surface area contributed by atoms with Crippen LogP contribution in [0.2, 0.25) is 10.0 Å². The van der Waals surface area contributed by atoms with E-state index in [1.807, 2.05) is 48.7 Å². The lowest BCUT2D eigenvalue weighted by molar-refractivity contribution is -0.136. The van der Waals surface area contributed by atoms with Crippen molar-refractivity contribution in [1.29, 1.82) is 0 Å². The van der Waals surface area contributed by atoms with Gasteiger partial charge in [-0.25, -0.2) is 0 Å². The van der Waals surface area contributed by atoms with Gasteiger partial charge < -0.3 is 15.4 Å². The summed E-state index contributed by atoms with van der Waals surface area (Å²) in [6.45, 7) is 2.26. The number of benzene rings is 3. The first-order valence-corrected chi connectivity index (χ1v) is 12.8. The summed E-state index contributed by atoms with van der Waals surface area (Å²) in [5, 5.41) is 13.9. The third kappa shape index (κ3) is 5.75. The van der Waals surface area contributed by atoms with Crippen LogP contribution in [0, 0.1) is 0 Å². The van der Waals surface area contributed by atoms with E-state index in [-0.39, 0.29) is 30.7 Å². The Morgan fingerprint density at radius 1 is 1.00 bits per heavy atom. The number of halogens is 2. The molecule has 0 aliphatic heterocycles. The highest BCUT2D eigenvalue weighted by molar-refractivity contribution is 6.35. The van der Waals surface area contributed by atoms with Crippen LogP contribution in [0.5, 0.6) is 0 Å². The van der Waals surface area contributed by atoms with E-state index in [9.17, 15) is 9.59 Å². The molecule has 1 amide bonds. The van der Waals surface area contributed by atoms with Crippen molar-refractivity contribution in [2.75, 3.05) is 6.54 Å². The summed E-state index contributed by atoms with van der Waals surface area (Å²) in [6, 6.07) is 21.5. The molecular weight excluding hydrogens is 495 g/mol. The monoisotopic (exact) mass is 522 g/mol. The van der Waals surface area contributed by atoms with E-state index in [1.54, 1.807) is 12.1 Å². The summed E-state index contributed by atoms with van der Waals surface area (Å²) in [4.78, 5) is 26.5. The molecule has 5 nitrogen and oxygen atoms in total. The van der Waals surface area contributed by atoms with Crippen molar-refractivity contribution in [3.8, 4) is 0 Å². The third-order valence-electron chi connectivity index (χ3n) is 6.47. The number of amides is 1. The van der Waals surface area contributed by atoms with Gasteiger partial charge in [0.15, 0.2) is 0 Å². The van der Waals surface area contributed by atoms with Gasteiger partial charge >= 0.3 is 5.97 Å². The van der Waals surface area contributed by atoms with Crippen molar-refractivity contribution in [3.63, 3.8) is 0 Å². The van der Waals surface area contributed by atoms with Crippen molar-refractivity contribution in [3.05, 3.63) is 105 Å². The maximum absolute atomic E-state index is 12.5. The second kappa shape index (κ2) is 11.6. The topological polar surface area (TPSA) is 82.2 Å². The lowest BCUT2D eigenvalue weighted by atomic mass is 9.75. The van der Waals surface area contributed by atoms with E-state index in [4.69, 9.17) is 28.3 Å². The Hall–Kier alpha value is -3.28. The summed E-state index contributed by atoms with van der Waals surface area (Å²) >= 11 is 12.9. The maximum atomic E-state index is 12.5. The van der Waals surface area contributed by atoms with Crippen molar-refractivity contribution < 1.29 is 14.7 Å². The zero-order valence-electron chi connectivity index (χ0n) is 19.9. The molecule has 0 aliphatic rings. The average molecular weight is 523 g/mol. The number of carboxylic acids is 1. The molecule has 1 aromatic heterocycles. The Morgan fingerprint density at radius 2 is 1.75 bits per heavy atom. The van der Waals surface area contributed by atoms with Gasteiger partial charge in [-0.05, 0) is 59.4 Å². The van der Waals surface area contributed by atoms with Crippen LogP contribution in [-0.4, -0.2) is 28.5 Å². The van der Waals surface area contributed by atoms with Crippen LogP contribution in [0.3, 0.4) is 0 Å². The molecule has 0 saturated heterocycles. The fourth-order valence-electron chi connectivity index (χ4n) is 4.83. The van der Waals surface area contributed by atoms with Crippen LogP contribution in [0.1, 0.15) is 65.1 Å². The van der Waals surface area contributed by atoms with Crippen molar-refractivity contribution in [2.45, 2.75) is 38.0 Å². The molecule has 7 heteroatoms. The van der Waals surface area contributed by atoms with Crippen LogP contribution in [0.15, 0.2) is 72.9 Å². The first-order valence-electron chi connectivity index (χ1n) is 12.0. The maximum Gasteiger partial charge on any atom is 0.305 e. The molecule has 3 N–H and O–H groups in total. The number of nitrogens with one attached hydrogen (secondary N) is 2. The number of aromatic amines is 1. The summed E-state index contributed by atoms with van der Waals surface area (Å²) in [6.07, 6.45) is 3.82. The van der Waals surface area contributed by atoms with Gasteiger partial charge in [-0.2, -0.15) is 0 Å². The molecule has 0 bridgehead atoms. The first kappa shape index (κ1) is 25.8. The number of hydrogen-bond acceptors (Lipinski definition) is 2. The summed E-state index contributed by atoms with van der Waals surface area (Å²) < 4.78 is 0. The van der Waals surface area contributed by atoms with Gasteiger partial charge in [-0.1, -0.05) is 72.9 Å². The Morgan fingerprint density at radius 3 is 2.44 bits per heavy atom. The SMILES string of the molecule is CCCC(c1ccc(C(=O)NCCC(=O)O)cc1)C(c1cccc(Cl)c1)c1c[nH]c2c(Cl)cccc12. The molecule has 0 aliphatic carbocycles. The number of rotatable bonds is 10. The molecule has 0 spiro atoms. The first-order chi connectivity index (χ1) is 17.4. The van der Waals surface area contributed by atoms with Crippen LogP contribution < -0.4 is 5.32 Å². The molecule has 2 unspecified atom stereocenters. The number of carbonyl (C=O) groups excluding carboxylic acids is 1. The normalized spacial score (nSPS) is 12.9. The molecule has 0 fully saturated rings. The summed E-state index contributed by atoms with van der Waals surface area (Å²) in [5.74, 6) is -1.10. The van der Waals surface area contributed by atoms with Crippen LogP contribution >= 0.6 is 23.2 Å². The quantitative estimate of drug-likeness (QED) is 0.203. The highest BCUT2D eigenvalue weighted by atomic mass is 35.5. The smallest absolute Gasteiger partial charge is 0.305 e. The second-order valence-electron chi connectivity index (χ2n) is 8.86. The molecule has 0 radical (unpaired) electrons. The average Bonchev–Trinajstić information content (AvgIpc) is 3.29. The van der Waals surface area contributed by atoms with Gasteiger partial charge in [0.05, 0.1) is 17.0 Å². The van der Waals surface area contributed by atoms with Gasteiger partial charge in [0.25, 0.3) is 5.91 Å². The van der Waals surface area contributed by atoms with E-state index in [0.717, 1.165) is 40.4 Å². The zero-order chi connectivity index (χ0) is 25.7. The van der Waals surface area contributed by atoms with Gasteiger partial charge in [-0.15, -0.1) is 0 Å². The number of aromatic nitrogens is 1. The Labute approximate surface area is 220 Å². The lowest BCUT2D eigenvalue weighted by Crippen LogP contribution is -2.26. The van der Waals surface area contributed by atoms with E-state index in [0.29, 0.717) is 15.6 Å². The molecular formula is C29H28Cl2N2O3. The van der Waals surface area contributed by atoms with Crippen LogP contribution in [0.4, 0.5) is 0 Å². The van der Waals surface area contributed by atoms with Gasteiger partial charge in [0.1, 0.15) is 0 Å². The van der Waals surface area contributed by atoms with Crippen molar-refractivity contribution >= 4 is 46.0 Å². The fraction of sp³-hybridized carbons (Fsp3) is 0.241. The Bertz CT molecular complexity index is 1360. The van der Waals surface area contributed by atoms with Gasteiger partial charge in [0, 0.05) is 34.6 Å². The Kier molecular flexibility index (Phi) is 8.34. The fourth-order valence-corrected chi connectivity index (χ4v) is 5.26. The molecule has 1 heterocycles. The molecule has 2 atom stereocenters. The van der Waals surface area contributed by atoms with Crippen LogP contribution in [0.25, 0.3) is 10.9 Å². The summed E-state index contributed by atoms with van der Waals surface area (Å²) in [7, 11) is 0. The predicted octanol–water partition coefficient (Wildman–Crippen LogP) is 7.40. The minimum Gasteiger partial charge on any atom is -0.481 e. The van der Waals surface area contributed by atoms with E-state index >= 15 is 0 Å². The molecule has 36 heavy (non-hydrogen) atoms. The number of aliphatic carboxylic acids is 1. The van der Waals surface area contributed by atoms with E-state index < -0.39 is 5.97 Å². The zero-order valence-corrected chi connectivity index (χ0v) is 21.4. The van der Waals surface area contributed by atoms with Crippen LogP contribution in [-0.2, 0) is 4.79 Å². The van der Waals surface area contributed by atoms with E-state index in [1.165, 1.54) is 0 Å². The molecule has 0 saturated carbocycles. The van der Waals surface area contributed by atoms with E-state index in [2.05, 4.69) is 29.4 Å². The minimum atomic E-state index is -0.946. The minimum absolute atomic E-state index is 0.00566. The van der Waals surface area contributed by atoms with Gasteiger partial charge in [0.2, 0.25) is 0 Å². The van der Waals surface area contributed by atoms with Crippen molar-refractivity contribution in [1.82, 2.24) is 10.3 Å². The number of para-hydroxylation sites is 1. The van der Waals surface area contributed by atoms with Gasteiger partial charge in [-0.3, -0.25) is 9.59 Å². The number of H-pyrrole nitrogens is 1. The standard InChI is InChI=1S/C29H28Cl2N2O3/c1-2-5-22(18-10-12-19(13-11-18)29(36)32-15-14-26(34)35)27(20-6-3-7-21(30)16-20)24-17-33-28-23(24)8-4-9-25(28)31/h3-4,6-13,16-17,22,27,33H,2,5,14-15H2,1H3,(H,32,36)(H,34,35). The predicted molar refractivity (Wildman–Crippen MR) is 145 cm³/mol. The number of carbonyl (C=O) groups is 2. The molecule has 3 aromatic carbocycles. The number of hydrogen-bond donors (Lipinski definition) is 3. The largest absolute Gasteiger partial charge is 0.481 e. The number of carboxylic acid groups (broad SMARTS) is 1. The van der Waals surface area contributed by atoms with Crippen molar-refractivity contribution in [2.24, 2.45) is 0 Å².